The molecule has 2 N–H and O–H groups in total. The van der Waals surface area contributed by atoms with E-state index in [4.69, 9.17) is 27.9 Å². The van der Waals surface area contributed by atoms with Crippen molar-refractivity contribution in [1.82, 2.24) is 10.2 Å². The number of nitrogens with zero attached hydrogens (tertiary/aromatic N) is 1. The molecule has 3 aliphatic rings. The van der Waals surface area contributed by atoms with Crippen molar-refractivity contribution in [1.29, 1.82) is 0 Å². The molecule has 1 fully saturated rings. The number of carboxylic acid groups (broad SMARTS) is 1. The third-order valence-electron chi connectivity index (χ3n) is 6.31. The topological polar surface area (TPSA) is 78.9 Å². The predicted molar refractivity (Wildman–Crippen MR) is 115 cm³/mol. The van der Waals surface area contributed by atoms with E-state index >= 15 is 0 Å². The van der Waals surface area contributed by atoms with Gasteiger partial charge in [-0.15, -0.1) is 0 Å². The second-order valence-corrected chi connectivity index (χ2v) is 9.00. The van der Waals surface area contributed by atoms with Crippen LogP contribution in [0.25, 0.3) is 0 Å². The third-order valence-corrected chi connectivity index (χ3v) is 7.05. The van der Waals surface area contributed by atoms with Crippen LogP contribution in [0, 0.1) is 0 Å². The highest BCUT2D eigenvalue weighted by molar-refractivity contribution is 6.42. The Morgan fingerprint density at radius 2 is 2.00 bits per heavy atom. The third kappa shape index (κ3) is 4.59. The number of likely N-dealkylation sites (tertiary alicyclic amines) is 1. The number of piperidine rings is 1. The second kappa shape index (κ2) is 8.81. The number of hydrogen-bond donors (Lipinski definition) is 2. The van der Waals surface area contributed by atoms with Gasteiger partial charge < -0.3 is 14.7 Å². The summed E-state index contributed by atoms with van der Waals surface area (Å²) in [7, 11) is 0. The predicted octanol–water partition coefficient (Wildman–Crippen LogP) is 5.03. The molecule has 4 rings (SSSR count). The standard InChI is InChI=1S/C22H23Cl2FN2O4/c23-17-3-1-13(11-18(17)24)15(20(28)29)5-8-27-9-6-22(7-10-27)16-12-14(25)2-4-19(16)26-21(30)31-22/h1,3,11-12,15H,2,4-10H2,(H,26,30)(H,28,29). The summed E-state index contributed by atoms with van der Waals surface area (Å²) in [6, 6.07) is 4.89. The van der Waals surface area contributed by atoms with E-state index in [2.05, 4.69) is 10.2 Å². The Bertz CT molecular complexity index is 970. The molecule has 2 aliphatic heterocycles. The SMILES string of the molecule is O=C1NC2=C(C=C(F)CC2)C2(CCN(CCC(C(=O)O)c3ccc(Cl)c(Cl)c3)CC2)O1. The van der Waals surface area contributed by atoms with Gasteiger partial charge in [-0.05, 0) is 43.2 Å². The summed E-state index contributed by atoms with van der Waals surface area (Å²) in [5.41, 5.74) is 1.27. The van der Waals surface area contributed by atoms with Crippen LogP contribution >= 0.6 is 23.2 Å². The molecule has 166 valence electrons. The van der Waals surface area contributed by atoms with Crippen molar-refractivity contribution in [3.8, 4) is 0 Å². The van der Waals surface area contributed by atoms with E-state index in [0.29, 0.717) is 60.9 Å². The fourth-order valence-corrected chi connectivity index (χ4v) is 4.90. The quantitative estimate of drug-likeness (QED) is 0.633. The number of benzene rings is 1. The molecule has 1 saturated heterocycles. The first-order valence-corrected chi connectivity index (χ1v) is 11.0. The minimum atomic E-state index is -0.920. The summed E-state index contributed by atoms with van der Waals surface area (Å²) in [5, 5.41) is 13.1. The second-order valence-electron chi connectivity index (χ2n) is 8.19. The number of aliphatic carboxylic acids is 1. The summed E-state index contributed by atoms with van der Waals surface area (Å²) >= 11 is 12.0. The first-order valence-electron chi connectivity index (χ1n) is 10.3. The van der Waals surface area contributed by atoms with Crippen LogP contribution in [-0.2, 0) is 9.53 Å². The molecule has 0 aromatic heterocycles. The molecule has 1 spiro atoms. The zero-order valence-corrected chi connectivity index (χ0v) is 18.3. The maximum absolute atomic E-state index is 13.9. The van der Waals surface area contributed by atoms with Crippen molar-refractivity contribution in [2.45, 2.75) is 43.6 Å². The molecular weight excluding hydrogens is 446 g/mol. The Hall–Kier alpha value is -2.09. The summed E-state index contributed by atoms with van der Waals surface area (Å²) in [6.45, 7) is 1.80. The number of ether oxygens (including phenoxy) is 1. The van der Waals surface area contributed by atoms with Gasteiger partial charge in [-0.3, -0.25) is 10.1 Å². The maximum atomic E-state index is 13.9. The van der Waals surface area contributed by atoms with Gasteiger partial charge in [0.05, 0.1) is 16.0 Å². The Morgan fingerprint density at radius 1 is 1.26 bits per heavy atom. The maximum Gasteiger partial charge on any atom is 0.412 e. The van der Waals surface area contributed by atoms with E-state index < -0.39 is 23.6 Å². The van der Waals surface area contributed by atoms with Crippen LogP contribution in [0.3, 0.4) is 0 Å². The van der Waals surface area contributed by atoms with Gasteiger partial charge in [-0.1, -0.05) is 29.3 Å². The number of carbonyl (C=O) groups excluding carboxylic acids is 1. The first kappa shape index (κ1) is 22.1. The molecule has 0 saturated carbocycles. The van der Waals surface area contributed by atoms with Gasteiger partial charge in [0.25, 0.3) is 0 Å². The van der Waals surface area contributed by atoms with Crippen LogP contribution in [0.15, 0.2) is 41.4 Å². The lowest BCUT2D eigenvalue weighted by molar-refractivity contribution is -0.139. The highest BCUT2D eigenvalue weighted by Crippen LogP contribution is 2.42. The van der Waals surface area contributed by atoms with E-state index in [1.165, 1.54) is 6.08 Å². The summed E-state index contributed by atoms with van der Waals surface area (Å²) in [5.74, 6) is -1.82. The Labute approximate surface area is 189 Å². The molecule has 0 radical (unpaired) electrons. The van der Waals surface area contributed by atoms with Crippen LogP contribution in [-0.4, -0.2) is 47.3 Å². The lowest BCUT2D eigenvalue weighted by Gasteiger charge is -2.45. The van der Waals surface area contributed by atoms with Gasteiger partial charge in [-0.2, -0.15) is 0 Å². The highest BCUT2D eigenvalue weighted by atomic mass is 35.5. The summed E-state index contributed by atoms with van der Waals surface area (Å²) in [6.07, 6.45) is 3.23. The van der Waals surface area contributed by atoms with Gasteiger partial charge in [-0.25, -0.2) is 9.18 Å². The molecule has 1 unspecified atom stereocenters. The number of nitrogens with one attached hydrogen (secondary N) is 1. The average molecular weight is 469 g/mol. The summed E-state index contributed by atoms with van der Waals surface area (Å²) < 4.78 is 19.6. The number of halogens is 3. The van der Waals surface area contributed by atoms with Crippen molar-refractivity contribution in [2.24, 2.45) is 0 Å². The molecule has 1 aliphatic carbocycles. The Kier molecular flexibility index (Phi) is 6.28. The number of carbonyl (C=O) groups is 2. The Balaban J connectivity index is 1.42. The molecule has 9 heteroatoms. The molecule has 1 aromatic carbocycles. The monoisotopic (exact) mass is 468 g/mol. The molecule has 31 heavy (non-hydrogen) atoms. The number of allylic oxidation sites excluding steroid dienone is 2. The van der Waals surface area contributed by atoms with Crippen molar-refractivity contribution in [3.05, 3.63) is 57.0 Å². The van der Waals surface area contributed by atoms with Gasteiger partial charge in [0.15, 0.2) is 0 Å². The number of alkyl carbamates (subject to hydrolysis) is 1. The largest absolute Gasteiger partial charge is 0.481 e. The van der Waals surface area contributed by atoms with Gasteiger partial charge >= 0.3 is 12.1 Å². The molecule has 1 atom stereocenters. The fourth-order valence-electron chi connectivity index (χ4n) is 4.60. The minimum absolute atomic E-state index is 0.203. The summed E-state index contributed by atoms with van der Waals surface area (Å²) in [4.78, 5) is 26.1. The van der Waals surface area contributed by atoms with E-state index in [1.807, 2.05) is 0 Å². The minimum Gasteiger partial charge on any atom is -0.481 e. The molecular formula is C22H23Cl2FN2O4. The molecule has 6 nitrogen and oxygen atoms in total. The van der Waals surface area contributed by atoms with Crippen molar-refractivity contribution in [2.75, 3.05) is 19.6 Å². The molecule has 2 heterocycles. The van der Waals surface area contributed by atoms with Gasteiger partial charge in [0, 0.05) is 43.6 Å². The van der Waals surface area contributed by atoms with Crippen molar-refractivity contribution in [3.63, 3.8) is 0 Å². The van der Waals surface area contributed by atoms with Crippen molar-refractivity contribution < 1.29 is 23.8 Å². The van der Waals surface area contributed by atoms with E-state index in [9.17, 15) is 19.1 Å². The van der Waals surface area contributed by atoms with Crippen LogP contribution in [0.4, 0.5) is 9.18 Å². The number of rotatable bonds is 5. The molecule has 0 bridgehead atoms. The Morgan fingerprint density at radius 3 is 2.68 bits per heavy atom. The number of amides is 1. The molecule has 1 amide bonds. The zero-order valence-electron chi connectivity index (χ0n) is 16.8. The van der Waals surface area contributed by atoms with Crippen LogP contribution in [0.2, 0.25) is 10.0 Å². The van der Waals surface area contributed by atoms with Gasteiger partial charge in [0.1, 0.15) is 11.4 Å². The van der Waals surface area contributed by atoms with Crippen LogP contribution in [0.5, 0.6) is 0 Å². The van der Waals surface area contributed by atoms with Crippen LogP contribution in [0.1, 0.15) is 43.6 Å². The van der Waals surface area contributed by atoms with Gasteiger partial charge in [0.2, 0.25) is 0 Å². The number of carboxylic acids is 1. The van der Waals surface area contributed by atoms with E-state index in [0.717, 1.165) is 11.3 Å². The number of hydrogen-bond acceptors (Lipinski definition) is 4. The average Bonchev–Trinajstić information content (AvgIpc) is 2.72. The lowest BCUT2D eigenvalue weighted by Crippen LogP contribution is -2.53. The molecule has 1 aromatic rings. The highest BCUT2D eigenvalue weighted by Gasteiger charge is 2.46. The lowest BCUT2D eigenvalue weighted by atomic mass is 9.79. The van der Waals surface area contributed by atoms with E-state index in [1.54, 1.807) is 18.2 Å². The van der Waals surface area contributed by atoms with Crippen molar-refractivity contribution >= 4 is 35.3 Å². The fraction of sp³-hybridized carbons (Fsp3) is 0.455. The smallest absolute Gasteiger partial charge is 0.412 e. The van der Waals surface area contributed by atoms with E-state index in [-0.39, 0.29) is 12.2 Å². The first-order chi connectivity index (χ1) is 14.8. The zero-order chi connectivity index (χ0) is 22.2. The normalized spacial score (nSPS) is 21.8. The number of fused-ring (bicyclic) bond motifs is 1. The van der Waals surface area contributed by atoms with Crippen LogP contribution < -0.4 is 5.32 Å².